The van der Waals surface area contributed by atoms with Gasteiger partial charge in [0.1, 0.15) is 11.6 Å². The molecular weight excluding hydrogens is 346 g/mol. The molecule has 1 atom stereocenters. The van der Waals surface area contributed by atoms with Crippen molar-refractivity contribution in [2.24, 2.45) is 0 Å². The third kappa shape index (κ3) is 8.39. The minimum atomic E-state index is -0.718. The van der Waals surface area contributed by atoms with Gasteiger partial charge < -0.3 is 20.7 Å². The fourth-order valence-electron chi connectivity index (χ4n) is 1.76. The Bertz CT molecular complexity index is 611. The molecule has 138 valence electrons. The number of benzene rings is 1. The molecule has 1 aromatic rings. The molecule has 0 aliphatic carbocycles. The molecule has 0 bridgehead atoms. The molecule has 25 heavy (non-hydrogen) atoms. The van der Waals surface area contributed by atoms with E-state index in [0.29, 0.717) is 10.6 Å². The summed E-state index contributed by atoms with van der Waals surface area (Å²) in [6.45, 7) is 7.31. The van der Waals surface area contributed by atoms with Crippen LogP contribution < -0.4 is 16.0 Å². The zero-order valence-electron chi connectivity index (χ0n) is 14.8. The van der Waals surface area contributed by atoms with Gasteiger partial charge in [0.15, 0.2) is 0 Å². The van der Waals surface area contributed by atoms with Crippen LogP contribution in [-0.2, 0) is 9.53 Å². The van der Waals surface area contributed by atoms with E-state index < -0.39 is 17.7 Å². The van der Waals surface area contributed by atoms with E-state index in [1.165, 1.54) is 0 Å². The molecule has 0 fully saturated rings. The van der Waals surface area contributed by atoms with Gasteiger partial charge >= 0.3 is 6.09 Å². The summed E-state index contributed by atoms with van der Waals surface area (Å²) in [7, 11) is 0. The van der Waals surface area contributed by atoms with Crippen molar-refractivity contribution in [3.05, 3.63) is 34.9 Å². The van der Waals surface area contributed by atoms with E-state index in [9.17, 15) is 14.4 Å². The van der Waals surface area contributed by atoms with Crippen molar-refractivity contribution in [1.82, 2.24) is 16.0 Å². The monoisotopic (exact) mass is 369 g/mol. The molecule has 7 nitrogen and oxygen atoms in total. The molecule has 3 amide bonds. The Morgan fingerprint density at radius 3 is 2.20 bits per heavy atom. The number of halogens is 1. The number of amides is 3. The largest absolute Gasteiger partial charge is 0.444 e. The number of hydrogen-bond donors (Lipinski definition) is 3. The number of rotatable bonds is 6. The smallest absolute Gasteiger partial charge is 0.407 e. The second kappa shape index (κ2) is 9.27. The third-order valence-electron chi connectivity index (χ3n) is 2.94. The van der Waals surface area contributed by atoms with E-state index in [2.05, 4.69) is 16.0 Å². The lowest BCUT2D eigenvalue weighted by Gasteiger charge is -2.20. The fourth-order valence-corrected chi connectivity index (χ4v) is 1.89. The van der Waals surface area contributed by atoms with Crippen molar-refractivity contribution in [3.63, 3.8) is 0 Å². The van der Waals surface area contributed by atoms with Crippen LogP contribution in [0.4, 0.5) is 4.79 Å². The molecule has 0 aliphatic heterocycles. The Balaban J connectivity index is 2.31. The number of alkyl carbamates (subject to hydrolysis) is 1. The lowest BCUT2D eigenvalue weighted by Crippen LogP contribution is -2.46. The normalized spacial score (nSPS) is 12.0. The molecule has 1 unspecified atom stereocenters. The lowest BCUT2D eigenvalue weighted by atomic mass is 10.2. The zero-order valence-corrected chi connectivity index (χ0v) is 15.6. The quantitative estimate of drug-likeness (QED) is 0.669. The Labute approximate surface area is 152 Å². The minimum absolute atomic E-state index is 0.221. The topological polar surface area (TPSA) is 96.5 Å². The first-order valence-corrected chi connectivity index (χ1v) is 8.27. The maximum absolute atomic E-state index is 12.0. The highest BCUT2D eigenvalue weighted by molar-refractivity contribution is 6.30. The van der Waals surface area contributed by atoms with Crippen LogP contribution in [-0.4, -0.2) is 42.6 Å². The van der Waals surface area contributed by atoms with E-state index in [0.717, 1.165) is 0 Å². The van der Waals surface area contributed by atoms with Crippen molar-refractivity contribution < 1.29 is 19.1 Å². The maximum atomic E-state index is 12.0. The van der Waals surface area contributed by atoms with Gasteiger partial charge in [-0.1, -0.05) is 11.6 Å². The Hall–Kier alpha value is -2.28. The van der Waals surface area contributed by atoms with Gasteiger partial charge in [0, 0.05) is 23.7 Å². The highest BCUT2D eigenvalue weighted by Gasteiger charge is 2.17. The van der Waals surface area contributed by atoms with Gasteiger partial charge in [-0.05, 0) is 52.0 Å². The van der Waals surface area contributed by atoms with Gasteiger partial charge in [0.25, 0.3) is 5.91 Å². The second-order valence-electron chi connectivity index (χ2n) is 6.42. The molecule has 8 heteroatoms. The van der Waals surface area contributed by atoms with E-state index in [1.807, 2.05) is 0 Å². The van der Waals surface area contributed by atoms with E-state index in [1.54, 1.807) is 52.0 Å². The van der Waals surface area contributed by atoms with Gasteiger partial charge in [-0.25, -0.2) is 4.79 Å². The Kier molecular flexibility index (Phi) is 7.70. The third-order valence-corrected chi connectivity index (χ3v) is 3.19. The van der Waals surface area contributed by atoms with Crippen LogP contribution in [0.3, 0.4) is 0 Å². The molecule has 0 aromatic heterocycles. The summed E-state index contributed by atoms with van der Waals surface area (Å²) in [5.74, 6) is -0.723. The summed E-state index contributed by atoms with van der Waals surface area (Å²) in [6, 6.07) is 5.64. The van der Waals surface area contributed by atoms with Crippen LogP contribution in [0.5, 0.6) is 0 Å². The summed E-state index contributed by atoms with van der Waals surface area (Å²) in [4.78, 5) is 35.4. The average Bonchev–Trinajstić information content (AvgIpc) is 2.50. The first-order valence-electron chi connectivity index (χ1n) is 7.89. The molecular formula is C17H24ClN3O4. The standard InChI is InChI=1S/C17H24ClN3O4/c1-11(21-15(23)12-5-7-13(18)8-6-12)14(22)19-9-10-20-16(24)25-17(2,3)4/h5-8,11H,9-10H2,1-4H3,(H,19,22)(H,20,24)(H,21,23). The van der Waals surface area contributed by atoms with Crippen molar-refractivity contribution in [2.45, 2.75) is 39.3 Å². The second-order valence-corrected chi connectivity index (χ2v) is 6.86. The summed E-state index contributed by atoms with van der Waals surface area (Å²) < 4.78 is 5.07. The molecule has 1 rings (SSSR count). The first-order chi connectivity index (χ1) is 11.6. The van der Waals surface area contributed by atoms with Crippen LogP contribution in [0.25, 0.3) is 0 Å². The number of carbonyl (C=O) groups excluding carboxylic acids is 3. The average molecular weight is 370 g/mol. The predicted octanol–water partition coefficient (Wildman–Crippen LogP) is 2.10. The highest BCUT2D eigenvalue weighted by Crippen LogP contribution is 2.09. The van der Waals surface area contributed by atoms with Gasteiger partial charge in [0.05, 0.1) is 0 Å². The highest BCUT2D eigenvalue weighted by atomic mass is 35.5. The molecule has 0 saturated carbocycles. The molecule has 0 saturated heterocycles. The molecule has 3 N–H and O–H groups in total. The number of hydrogen-bond acceptors (Lipinski definition) is 4. The Morgan fingerprint density at radius 2 is 1.64 bits per heavy atom. The van der Waals surface area contributed by atoms with Gasteiger partial charge in [-0.2, -0.15) is 0 Å². The number of nitrogens with one attached hydrogen (secondary N) is 3. The summed E-state index contributed by atoms with van der Waals surface area (Å²) in [6.07, 6.45) is -0.550. The van der Waals surface area contributed by atoms with Crippen LogP contribution >= 0.6 is 11.6 Å². The van der Waals surface area contributed by atoms with E-state index in [4.69, 9.17) is 16.3 Å². The predicted molar refractivity (Wildman–Crippen MR) is 95.6 cm³/mol. The van der Waals surface area contributed by atoms with Gasteiger partial charge in [0.2, 0.25) is 5.91 Å². The van der Waals surface area contributed by atoms with Gasteiger partial charge in [-0.15, -0.1) is 0 Å². The number of carbonyl (C=O) groups is 3. The van der Waals surface area contributed by atoms with Gasteiger partial charge in [-0.3, -0.25) is 9.59 Å². The molecule has 0 spiro atoms. The van der Waals surface area contributed by atoms with Crippen molar-refractivity contribution >= 4 is 29.5 Å². The van der Waals surface area contributed by atoms with Crippen LogP contribution in [0.15, 0.2) is 24.3 Å². The van der Waals surface area contributed by atoms with Crippen LogP contribution in [0, 0.1) is 0 Å². The first kappa shape index (κ1) is 20.8. The SMILES string of the molecule is CC(NC(=O)c1ccc(Cl)cc1)C(=O)NCCNC(=O)OC(C)(C)C. The van der Waals surface area contributed by atoms with Crippen molar-refractivity contribution in [2.75, 3.05) is 13.1 Å². The summed E-state index contributed by atoms with van der Waals surface area (Å²) in [5.41, 5.74) is -0.163. The van der Waals surface area contributed by atoms with Crippen molar-refractivity contribution in [1.29, 1.82) is 0 Å². The van der Waals surface area contributed by atoms with E-state index >= 15 is 0 Å². The van der Waals surface area contributed by atoms with Crippen LogP contribution in [0.1, 0.15) is 38.1 Å². The lowest BCUT2D eigenvalue weighted by molar-refractivity contribution is -0.122. The molecule has 0 aliphatic rings. The van der Waals surface area contributed by atoms with Crippen LogP contribution in [0.2, 0.25) is 5.02 Å². The Morgan fingerprint density at radius 1 is 1.08 bits per heavy atom. The molecule has 1 aromatic carbocycles. The molecule has 0 radical (unpaired) electrons. The van der Waals surface area contributed by atoms with E-state index in [-0.39, 0.29) is 24.9 Å². The summed E-state index contributed by atoms with van der Waals surface area (Å²) in [5, 5.41) is 8.27. The molecule has 0 heterocycles. The minimum Gasteiger partial charge on any atom is -0.444 e. The fraction of sp³-hybridized carbons (Fsp3) is 0.471. The van der Waals surface area contributed by atoms with Crippen molar-refractivity contribution in [3.8, 4) is 0 Å². The summed E-state index contributed by atoms with van der Waals surface area (Å²) >= 11 is 5.77. The zero-order chi connectivity index (χ0) is 19.0. The maximum Gasteiger partial charge on any atom is 0.407 e. The number of ether oxygens (including phenoxy) is 1.